The molecule has 24 heavy (non-hydrogen) atoms. The van der Waals surface area contributed by atoms with Gasteiger partial charge < -0.3 is 14.5 Å². The van der Waals surface area contributed by atoms with Gasteiger partial charge in [-0.25, -0.2) is 0 Å². The minimum absolute atomic E-state index is 0.0769. The van der Waals surface area contributed by atoms with Crippen molar-refractivity contribution >= 4 is 11.8 Å². The van der Waals surface area contributed by atoms with E-state index in [1.807, 2.05) is 0 Å². The Bertz CT molecular complexity index is 534. The van der Waals surface area contributed by atoms with Crippen LogP contribution in [0.3, 0.4) is 0 Å². The summed E-state index contributed by atoms with van der Waals surface area (Å²) >= 11 is 0. The fraction of sp³-hybridized carbons (Fsp3) is 0.889. The number of likely N-dealkylation sites (tertiary alicyclic amines) is 2. The lowest BCUT2D eigenvalue weighted by Gasteiger charge is -2.49. The van der Waals surface area contributed by atoms with Crippen molar-refractivity contribution in [3.63, 3.8) is 0 Å². The van der Waals surface area contributed by atoms with Crippen molar-refractivity contribution in [2.24, 2.45) is 5.41 Å². The molecule has 2 bridgehead atoms. The van der Waals surface area contributed by atoms with Crippen molar-refractivity contribution in [1.82, 2.24) is 14.7 Å². The number of carbonyl (C=O) groups is 2. The summed E-state index contributed by atoms with van der Waals surface area (Å²) in [5, 5.41) is 0. The summed E-state index contributed by atoms with van der Waals surface area (Å²) in [7, 11) is 0. The fourth-order valence-electron chi connectivity index (χ4n) is 5.75. The number of hydrogen-bond acceptors (Lipinski definition) is 4. The fourth-order valence-corrected chi connectivity index (χ4v) is 5.75. The molecule has 0 radical (unpaired) electrons. The molecular weight excluding hydrogens is 306 g/mol. The van der Waals surface area contributed by atoms with E-state index in [4.69, 9.17) is 4.74 Å². The average Bonchev–Trinajstić information content (AvgIpc) is 2.85. The number of carbonyl (C=O) groups excluding carboxylic acids is 2. The summed E-state index contributed by atoms with van der Waals surface area (Å²) < 4.78 is 5.39. The van der Waals surface area contributed by atoms with E-state index in [1.165, 1.54) is 0 Å². The van der Waals surface area contributed by atoms with E-state index in [0.29, 0.717) is 18.6 Å². The van der Waals surface area contributed by atoms with E-state index in [1.54, 1.807) is 6.92 Å². The Labute approximate surface area is 144 Å². The molecule has 0 aromatic heterocycles. The zero-order valence-electron chi connectivity index (χ0n) is 14.9. The summed E-state index contributed by atoms with van der Waals surface area (Å²) in [6.07, 6.45) is 4.35. The Morgan fingerprint density at radius 1 is 1.17 bits per heavy atom. The van der Waals surface area contributed by atoms with Gasteiger partial charge in [-0.3, -0.25) is 14.5 Å². The highest BCUT2D eigenvalue weighted by atomic mass is 16.5. The van der Waals surface area contributed by atoms with E-state index in [-0.39, 0.29) is 23.3 Å². The number of rotatable bonds is 2. The Hall–Kier alpha value is -1.14. The molecule has 4 atom stereocenters. The van der Waals surface area contributed by atoms with Gasteiger partial charge in [-0.15, -0.1) is 0 Å². The monoisotopic (exact) mass is 335 g/mol. The predicted octanol–water partition coefficient (Wildman–Crippen LogP) is 0.709. The second kappa shape index (κ2) is 5.99. The Morgan fingerprint density at radius 3 is 2.58 bits per heavy atom. The minimum Gasteiger partial charge on any atom is -0.379 e. The van der Waals surface area contributed by atoms with Crippen LogP contribution in [0.2, 0.25) is 0 Å². The maximum atomic E-state index is 13.1. The Morgan fingerprint density at radius 2 is 1.88 bits per heavy atom. The molecule has 3 saturated heterocycles. The van der Waals surface area contributed by atoms with Crippen molar-refractivity contribution in [2.45, 2.75) is 57.7 Å². The second-order valence-corrected chi connectivity index (χ2v) is 8.19. The molecular formula is C18H29N3O3. The molecule has 3 heterocycles. The lowest BCUT2D eigenvalue weighted by Crippen LogP contribution is -2.57. The van der Waals surface area contributed by atoms with Crippen molar-refractivity contribution in [1.29, 1.82) is 0 Å². The van der Waals surface area contributed by atoms with Gasteiger partial charge in [0.05, 0.1) is 25.8 Å². The van der Waals surface area contributed by atoms with Crippen LogP contribution in [0, 0.1) is 5.41 Å². The number of ether oxygens (including phenoxy) is 1. The summed E-state index contributed by atoms with van der Waals surface area (Å²) in [6, 6.07) is 0.817. The van der Waals surface area contributed by atoms with Crippen molar-refractivity contribution in [2.75, 3.05) is 39.4 Å². The quantitative estimate of drug-likeness (QED) is 0.746. The minimum atomic E-state index is 0.0769. The molecule has 6 nitrogen and oxygen atoms in total. The molecule has 0 N–H and O–H groups in total. The molecule has 3 aliphatic heterocycles. The van der Waals surface area contributed by atoms with Gasteiger partial charge in [-0.2, -0.15) is 0 Å². The van der Waals surface area contributed by atoms with Crippen LogP contribution in [0.25, 0.3) is 0 Å². The molecule has 2 amide bonds. The van der Waals surface area contributed by atoms with Gasteiger partial charge in [0, 0.05) is 44.1 Å². The number of morpholine rings is 1. The average molecular weight is 335 g/mol. The van der Waals surface area contributed by atoms with Gasteiger partial charge in [0.25, 0.3) is 0 Å². The third-order valence-corrected chi connectivity index (χ3v) is 6.82. The molecule has 4 fully saturated rings. The highest BCUT2D eigenvalue weighted by Crippen LogP contribution is 2.54. The number of amides is 2. The summed E-state index contributed by atoms with van der Waals surface area (Å²) in [5.74, 6) is 0.417. The lowest BCUT2D eigenvalue weighted by molar-refractivity contribution is -0.138. The molecule has 6 heteroatoms. The van der Waals surface area contributed by atoms with Crippen LogP contribution in [0.4, 0.5) is 0 Å². The van der Waals surface area contributed by atoms with Gasteiger partial charge in [0.2, 0.25) is 11.8 Å². The molecule has 0 unspecified atom stereocenters. The maximum absolute atomic E-state index is 13.1. The van der Waals surface area contributed by atoms with Crippen molar-refractivity contribution in [3.8, 4) is 0 Å². The number of hydrogen-bond donors (Lipinski definition) is 0. The zero-order valence-corrected chi connectivity index (χ0v) is 14.9. The topological polar surface area (TPSA) is 53.1 Å². The molecule has 134 valence electrons. The van der Waals surface area contributed by atoms with Crippen LogP contribution in [0.5, 0.6) is 0 Å². The zero-order chi connectivity index (χ0) is 16.9. The van der Waals surface area contributed by atoms with Crippen molar-refractivity contribution in [3.05, 3.63) is 0 Å². The van der Waals surface area contributed by atoms with Gasteiger partial charge in [0.15, 0.2) is 0 Å². The highest BCUT2D eigenvalue weighted by Gasteiger charge is 2.61. The lowest BCUT2D eigenvalue weighted by atomic mass is 9.66. The first-order valence-electron chi connectivity index (χ1n) is 9.39. The first kappa shape index (κ1) is 16.3. The van der Waals surface area contributed by atoms with Gasteiger partial charge >= 0.3 is 0 Å². The molecule has 0 spiro atoms. The van der Waals surface area contributed by atoms with E-state index >= 15 is 0 Å². The third kappa shape index (κ3) is 2.46. The second-order valence-electron chi connectivity index (χ2n) is 8.19. The van der Waals surface area contributed by atoms with Crippen LogP contribution in [-0.4, -0.2) is 84.0 Å². The normalized spacial score (nSPS) is 39.2. The van der Waals surface area contributed by atoms with Crippen LogP contribution in [-0.2, 0) is 14.3 Å². The van der Waals surface area contributed by atoms with Gasteiger partial charge in [-0.05, 0) is 25.7 Å². The van der Waals surface area contributed by atoms with Crippen LogP contribution < -0.4 is 0 Å². The van der Waals surface area contributed by atoms with E-state index in [0.717, 1.165) is 58.5 Å². The van der Waals surface area contributed by atoms with E-state index < -0.39 is 0 Å². The van der Waals surface area contributed by atoms with E-state index in [9.17, 15) is 9.59 Å². The predicted molar refractivity (Wildman–Crippen MR) is 89.4 cm³/mol. The highest BCUT2D eigenvalue weighted by molar-refractivity contribution is 5.80. The third-order valence-electron chi connectivity index (χ3n) is 6.82. The smallest absolute Gasteiger partial charge is 0.237 e. The molecule has 1 saturated carbocycles. The summed E-state index contributed by atoms with van der Waals surface area (Å²) in [4.78, 5) is 31.7. The molecule has 4 rings (SSSR count). The van der Waals surface area contributed by atoms with Gasteiger partial charge in [0.1, 0.15) is 0 Å². The molecule has 0 aromatic rings. The Balaban J connectivity index is 1.56. The Kier molecular flexibility index (Phi) is 4.07. The van der Waals surface area contributed by atoms with Crippen molar-refractivity contribution < 1.29 is 14.3 Å². The first-order chi connectivity index (χ1) is 11.5. The van der Waals surface area contributed by atoms with E-state index in [2.05, 4.69) is 21.6 Å². The number of nitrogens with zero attached hydrogens (tertiary/aromatic N) is 3. The largest absolute Gasteiger partial charge is 0.379 e. The number of fused-ring (bicyclic) bond motifs is 1. The first-order valence-corrected chi connectivity index (χ1v) is 9.39. The number of piperidine rings is 1. The van der Waals surface area contributed by atoms with Crippen LogP contribution >= 0.6 is 0 Å². The van der Waals surface area contributed by atoms with Crippen LogP contribution in [0.1, 0.15) is 39.5 Å². The molecule has 4 aliphatic rings. The van der Waals surface area contributed by atoms with Crippen LogP contribution in [0.15, 0.2) is 0 Å². The van der Waals surface area contributed by atoms with Gasteiger partial charge in [-0.1, -0.05) is 6.92 Å². The maximum Gasteiger partial charge on any atom is 0.237 e. The SMILES string of the molecule is CC(=O)N1C[C@@H]2C[C@@]3(C)[C@H](CCC[C@@H]13)N2C(=O)CN1CCOCC1. The molecule has 1 aliphatic carbocycles. The summed E-state index contributed by atoms with van der Waals surface area (Å²) in [6.45, 7) is 8.33. The summed E-state index contributed by atoms with van der Waals surface area (Å²) in [5.41, 5.74) is 0.0769. The molecule has 0 aromatic carbocycles. The standard InChI is InChI=1S/C18H29N3O3/c1-13(22)20-11-14-10-18(2)15(20)4-3-5-16(18)21(14)17(23)12-19-6-8-24-9-7-19/h14-16H,3-12H2,1-2H3/t14-,15+,16-,18+/m0/s1.